The van der Waals surface area contributed by atoms with Gasteiger partial charge in [0.25, 0.3) is 0 Å². The van der Waals surface area contributed by atoms with E-state index in [0.717, 1.165) is 21.9 Å². The van der Waals surface area contributed by atoms with Crippen LogP contribution in [0.25, 0.3) is 11.1 Å². The van der Waals surface area contributed by atoms with Gasteiger partial charge in [-0.25, -0.2) is 0 Å². The number of rotatable bonds is 3. The van der Waals surface area contributed by atoms with Crippen LogP contribution >= 0.6 is 11.8 Å². The van der Waals surface area contributed by atoms with Crippen LogP contribution < -0.4 is 5.43 Å². The van der Waals surface area contributed by atoms with E-state index < -0.39 is 0 Å². The maximum absolute atomic E-state index is 4.69. The number of hydrazone groups is 1. The molecule has 1 atom stereocenters. The summed E-state index contributed by atoms with van der Waals surface area (Å²) < 4.78 is 0. The SMILES string of the molecule is Cc1ccc(C2=NNC(C)(c3ccc(-c4ccccc4)cn3)S2)cc1. The summed E-state index contributed by atoms with van der Waals surface area (Å²) in [7, 11) is 0. The van der Waals surface area contributed by atoms with Crippen molar-refractivity contribution in [2.45, 2.75) is 18.7 Å². The van der Waals surface area contributed by atoms with Crippen LogP contribution in [-0.2, 0) is 4.87 Å². The minimum Gasteiger partial charge on any atom is -0.287 e. The molecule has 1 unspecified atom stereocenters. The fourth-order valence-corrected chi connectivity index (χ4v) is 3.85. The summed E-state index contributed by atoms with van der Waals surface area (Å²) in [5.41, 5.74) is 8.92. The molecule has 25 heavy (non-hydrogen) atoms. The smallest absolute Gasteiger partial charge is 0.145 e. The van der Waals surface area contributed by atoms with Crippen molar-refractivity contribution < 1.29 is 0 Å². The average Bonchev–Trinajstić information content (AvgIpc) is 3.07. The van der Waals surface area contributed by atoms with E-state index in [0.29, 0.717) is 0 Å². The van der Waals surface area contributed by atoms with E-state index in [1.54, 1.807) is 11.8 Å². The Morgan fingerprint density at radius 2 is 1.56 bits per heavy atom. The average molecular weight is 345 g/mol. The van der Waals surface area contributed by atoms with E-state index in [9.17, 15) is 0 Å². The third kappa shape index (κ3) is 3.17. The lowest BCUT2D eigenvalue weighted by atomic mass is 10.1. The molecule has 2 aromatic carbocycles. The molecular formula is C21H19N3S. The highest BCUT2D eigenvalue weighted by Gasteiger charge is 2.35. The van der Waals surface area contributed by atoms with Gasteiger partial charge in [0, 0.05) is 17.3 Å². The lowest BCUT2D eigenvalue weighted by Gasteiger charge is -2.22. The highest BCUT2D eigenvalue weighted by atomic mass is 32.2. The van der Waals surface area contributed by atoms with E-state index in [1.165, 1.54) is 11.1 Å². The summed E-state index contributed by atoms with van der Waals surface area (Å²) in [6.45, 7) is 4.21. The molecule has 3 aromatic rings. The molecule has 1 N–H and O–H groups in total. The largest absolute Gasteiger partial charge is 0.287 e. The molecule has 0 saturated carbocycles. The summed E-state index contributed by atoms with van der Waals surface area (Å²) in [6.07, 6.45) is 1.93. The van der Waals surface area contributed by atoms with Crippen molar-refractivity contribution in [1.29, 1.82) is 0 Å². The summed E-state index contributed by atoms with van der Waals surface area (Å²) in [5, 5.41) is 5.53. The number of benzene rings is 2. The third-order valence-corrected chi connectivity index (χ3v) is 5.56. The standard InChI is InChI=1S/C21H19N3S/c1-15-8-10-17(11-9-15)20-23-24-21(2,25-20)19-13-12-18(14-22-19)16-6-4-3-5-7-16/h3-14,24H,1-2H3. The number of nitrogens with zero attached hydrogens (tertiary/aromatic N) is 2. The maximum Gasteiger partial charge on any atom is 0.145 e. The number of hydrogen-bond acceptors (Lipinski definition) is 4. The van der Waals surface area contributed by atoms with Crippen LogP contribution in [0.1, 0.15) is 23.7 Å². The maximum atomic E-state index is 4.69. The number of aryl methyl sites for hydroxylation is 1. The zero-order chi connectivity index (χ0) is 17.3. The molecule has 0 aliphatic carbocycles. The molecule has 2 heterocycles. The quantitative estimate of drug-likeness (QED) is 0.731. The summed E-state index contributed by atoms with van der Waals surface area (Å²) in [5.74, 6) is 0. The Labute approximate surface area is 152 Å². The van der Waals surface area contributed by atoms with Gasteiger partial charge in [-0.1, -0.05) is 78.0 Å². The third-order valence-electron chi connectivity index (χ3n) is 4.33. The fourth-order valence-electron chi connectivity index (χ4n) is 2.80. The Hall–Kier alpha value is -2.59. The minimum atomic E-state index is -0.352. The van der Waals surface area contributed by atoms with Crippen LogP contribution in [0.5, 0.6) is 0 Å². The van der Waals surface area contributed by atoms with Crippen molar-refractivity contribution in [3.05, 3.63) is 89.7 Å². The van der Waals surface area contributed by atoms with Gasteiger partial charge in [0.2, 0.25) is 0 Å². The van der Waals surface area contributed by atoms with E-state index in [1.807, 2.05) is 24.4 Å². The fraction of sp³-hybridized carbons (Fsp3) is 0.143. The zero-order valence-corrected chi connectivity index (χ0v) is 15.0. The molecule has 1 aliphatic rings. The van der Waals surface area contributed by atoms with Crippen LogP contribution in [0.15, 0.2) is 78.0 Å². The van der Waals surface area contributed by atoms with Crippen LogP contribution in [0, 0.1) is 6.92 Å². The molecule has 1 aliphatic heterocycles. The molecule has 4 heteroatoms. The monoisotopic (exact) mass is 345 g/mol. The summed E-state index contributed by atoms with van der Waals surface area (Å²) in [6, 6.07) is 22.9. The molecule has 4 rings (SSSR count). The first kappa shape index (κ1) is 15.9. The summed E-state index contributed by atoms with van der Waals surface area (Å²) in [4.78, 5) is 4.34. The second-order valence-electron chi connectivity index (χ2n) is 6.33. The molecular weight excluding hydrogens is 326 g/mol. The molecule has 124 valence electrons. The van der Waals surface area contributed by atoms with Gasteiger partial charge in [0.05, 0.1) is 5.69 Å². The van der Waals surface area contributed by atoms with Crippen molar-refractivity contribution in [2.75, 3.05) is 0 Å². The van der Waals surface area contributed by atoms with Gasteiger partial charge in [0.15, 0.2) is 0 Å². The zero-order valence-electron chi connectivity index (χ0n) is 14.2. The highest BCUT2D eigenvalue weighted by Crippen LogP contribution is 2.39. The van der Waals surface area contributed by atoms with Crippen LogP contribution in [0.2, 0.25) is 0 Å². The number of hydrogen-bond donors (Lipinski definition) is 1. The molecule has 1 aromatic heterocycles. The second kappa shape index (κ2) is 6.37. The van der Waals surface area contributed by atoms with Crippen LogP contribution in [-0.4, -0.2) is 10.0 Å². The highest BCUT2D eigenvalue weighted by molar-refractivity contribution is 8.15. The first-order chi connectivity index (χ1) is 12.1. The lowest BCUT2D eigenvalue weighted by Crippen LogP contribution is -2.29. The summed E-state index contributed by atoms with van der Waals surface area (Å²) >= 11 is 1.70. The minimum absolute atomic E-state index is 0.352. The van der Waals surface area contributed by atoms with E-state index >= 15 is 0 Å². The first-order valence-electron chi connectivity index (χ1n) is 8.27. The molecule has 0 saturated heterocycles. The molecule has 0 amide bonds. The predicted octanol–water partition coefficient (Wildman–Crippen LogP) is 4.93. The van der Waals surface area contributed by atoms with Crippen molar-refractivity contribution in [2.24, 2.45) is 5.10 Å². The van der Waals surface area contributed by atoms with Crippen molar-refractivity contribution in [3.8, 4) is 11.1 Å². The molecule has 0 bridgehead atoms. The Balaban J connectivity index is 1.55. The van der Waals surface area contributed by atoms with Gasteiger partial charge in [-0.2, -0.15) is 5.10 Å². The number of pyridine rings is 1. The van der Waals surface area contributed by atoms with Gasteiger partial charge in [-0.3, -0.25) is 10.4 Å². The molecule has 3 nitrogen and oxygen atoms in total. The Kier molecular flexibility index (Phi) is 4.06. The van der Waals surface area contributed by atoms with Crippen molar-refractivity contribution in [3.63, 3.8) is 0 Å². The first-order valence-corrected chi connectivity index (χ1v) is 9.09. The van der Waals surface area contributed by atoms with E-state index in [-0.39, 0.29) is 4.87 Å². The number of thioether (sulfide) groups is 1. The molecule has 0 radical (unpaired) electrons. The molecule has 0 fully saturated rings. The normalized spacial score (nSPS) is 19.4. The van der Waals surface area contributed by atoms with E-state index in [2.05, 4.69) is 72.9 Å². The number of nitrogens with one attached hydrogen (secondary N) is 1. The van der Waals surface area contributed by atoms with Gasteiger partial charge in [-0.05, 0) is 25.5 Å². The number of aromatic nitrogens is 1. The Bertz CT molecular complexity index is 902. The Morgan fingerprint density at radius 3 is 2.24 bits per heavy atom. The second-order valence-corrected chi connectivity index (χ2v) is 7.74. The lowest BCUT2D eigenvalue weighted by molar-refractivity contribution is 0.548. The van der Waals surface area contributed by atoms with Gasteiger partial charge in [0.1, 0.15) is 9.91 Å². The van der Waals surface area contributed by atoms with Gasteiger partial charge >= 0.3 is 0 Å². The van der Waals surface area contributed by atoms with Gasteiger partial charge < -0.3 is 0 Å². The van der Waals surface area contributed by atoms with Crippen molar-refractivity contribution in [1.82, 2.24) is 10.4 Å². The predicted molar refractivity (Wildman–Crippen MR) is 105 cm³/mol. The Morgan fingerprint density at radius 1 is 0.840 bits per heavy atom. The van der Waals surface area contributed by atoms with Gasteiger partial charge in [-0.15, -0.1) is 0 Å². The topological polar surface area (TPSA) is 37.3 Å². The van der Waals surface area contributed by atoms with Crippen molar-refractivity contribution >= 4 is 16.8 Å². The van der Waals surface area contributed by atoms with E-state index in [4.69, 9.17) is 4.98 Å². The van der Waals surface area contributed by atoms with Crippen LogP contribution in [0.3, 0.4) is 0 Å². The van der Waals surface area contributed by atoms with Crippen LogP contribution in [0.4, 0.5) is 0 Å². The molecule has 0 spiro atoms.